The number of rotatable bonds is 5. The van der Waals surface area contributed by atoms with Crippen LogP contribution in [0.25, 0.3) is 20.8 Å². The van der Waals surface area contributed by atoms with Crippen molar-refractivity contribution in [3.63, 3.8) is 0 Å². The number of hydrogen-bond donors (Lipinski definition) is 1. The molecule has 1 amide bonds. The lowest BCUT2D eigenvalue weighted by Crippen LogP contribution is -2.49. The molecule has 0 radical (unpaired) electrons. The van der Waals surface area contributed by atoms with E-state index in [1.807, 2.05) is 48.5 Å². The number of carbonyl (C=O) groups is 1. The van der Waals surface area contributed by atoms with Crippen LogP contribution in [0.2, 0.25) is 0 Å². The van der Waals surface area contributed by atoms with Crippen LogP contribution < -0.4 is 5.32 Å². The SMILES string of the molecule is O=C(Nc1ccccc1-c1nc2ccccc2s1)[C@@H]1CCCCN1S(=O)(=O)c1ccccc1. The molecule has 1 saturated heterocycles. The Balaban J connectivity index is 1.44. The van der Waals surface area contributed by atoms with Gasteiger partial charge in [-0.2, -0.15) is 4.31 Å². The number of aromatic nitrogens is 1. The highest BCUT2D eigenvalue weighted by molar-refractivity contribution is 7.89. The molecular formula is C25H23N3O3S2. The Kier molecular flexibility index (Phi) is 5.97. The lowest BCUT2D eigenvalue weighted by Gasteiger charge is -2.33. The second-order valence-corrected chi connectivity index (χ2v) is 10.9. The van der Waals surface area contributed by atoms with Gasteiger partial charge in [0.1, 0.15) is 11.0 Å². The Hall–Kier alpha value is -3.07. The third-order valence-electron chi connectivity index (χ3n) is 5.82. The van der Waals surface area contributed by atoms with E-state index in [1.54, 1.807) is 41.7 Å². The van der Waals surface area contributed by atoms with Crippen LogP contribution in [0.1, 0.15) is 19.3 Å². The topological polar surface area (TPSA) is 79.4 Å². The molecule has 4 aromatic rings. The third kappa shape index (κ3) is 4.29. The maximum Gasteiger partial charge on any atom is 0.243 e. The summed E-state index contributed by atoms with van der Waals surface area (Å²) in [5, 5.41) is 3.81. The summed E-state index contributed by atoms with van der Waals surface area (Å²) >= 11 is 1.56. The van der Waals surface area contributed by atoms with E-state index in [0.29, 0.717) is 18.7 Å². The van der Waals surface area contributed by atoms with Crippen LogP contribution in [0.3, 0.4) is 0 Å². The van der Waals surface area contributed by atoms with Crippen molar-refractivity contribution in [3.8, 4) is 10.6 Å². The van der Waals surface area contributed by atoms with Gasteiger partial charge in [-0.3, -0.25) is 4.79 Å². The molecule has 1 aromatic heterocycles. The summed E-state index contributed by atoms with van der Waals surface area (Å²) in [6, 6.07) is 23.0. The van der Waals surface area contributed by atoms with Gasteiger partial charge >= 0.3 is 0 Å². The zero-order chi connectivity index (χ0) is 22.8. The largest absolute Gasteiger partial charge is 0.324 e. The van der Waals surface area contributed by atoms with Gasteiger partial charge in [-0.25, -0.2) is 13.4 Å². The zero-order valence-electron chi connectivity index (χ0n) is 17.8. The maximum atomic E-state index is 13.4. The summed E-state index contributed by atoms with van der Waals surface area (Å²) in [5.74, 6) is -0.317. The summed E-state index contributed by atoms with van der Waals surface area (Å²) in [7, 11) is -3.77. The molecule has 0 unspecified atom stereocenters. The summed E-state index contributed by atoms with van der Waals surface area (Å²) < 4.78 is 29.0. The van der Waals surface area contributed by atoms with Crippen molar-refractivity contribution in [3.05, 3.63) is 78.9 Å². The van der Waals surface area contributed by atoms with Gasteiger partial charge in [-0.1, -0.05) is 48.9 Å². The molecule has 0 bridgehead atoms. The number of sulfonamides is 1. The molecule has 6 nitrogen and oxygen atoms in total. The number of para-hydroxylation sites is 2. The van der Waals surface area contributed by atoms with Gasteiger partial charge in [-0.15, -0.1) is 11.3 Å². The fourth-order valence-electron chi connectivity index (χ4n) is 4.16. The van der Waals surface area contributed by atoms with Gasteiger partial charge in [0.05, 0.1) is 20.8 Å². The molecular weight excluding hydrogens is 454 g/mol. The molecule has 1 N–H and O–H groups in total. The van der Waals surface area contributed by atoms with Crippen molar-refractivity contribution in [1.82, 2.24) is 9.29 Å². The summed E-state index contributed by atoms with van der Waals surface area (Å²) in [6.07, 6.45) is 2.03. The highest BCUT2D eigenvalue weighted by Crippen LogP contribution is 2.35. The Morgan fingerprint density at radius 2 is 1.67 bits per heavy atom. The van der Waals surface area contributed by atoms with E-state index in [0.717, 1.165) is 33.6 Å². The minimum absolute atomic E-state index is 0.208. The molecule has 0 saturated carbocycles. The Bertz CT molecular complexity index is 1370. The van der Waals surface area contributed by atoms with Crippen molar-refractivity contribution >= 4 is 43.2 Å². The van der Waals surface area contributed by atoms with E-state index in [2.05, 4.69) is 5.32 Å². The van der Waals surface area contributed by atoms with Gasteiger partial charge in [-0.05, 0) is 49.2 Å². The van der Waals surface area contributed by atoms with Crippen LogP contribution in [0.15, 0.2) is 83.8 Å². The number of anilines is 1. The summed E-state index contributed by atoms with van der Waals surface area (Å²) in [6.45, 7) is 0.328. The van der Waals surface area contributed by atoms with E-state index in [-0.39, 0.29) is 10.8 Å². The van der Waals surface area contributed by atoms with Crippen molar-refractivity contribution in [1.29, 1.82) is 0 Å². The van der Waals surface area contributed by atoms with E-state index in [1.165, 1.54) is 4.31 Å². The first kappa shape index (κ1) is 21.8. The Labute approximate surface area is 197 Å². The average molecular weight is 478 g/mol. The monoisotopic (exact) mass is 477 g/mol. The predicted octanol–water partition coefficient (Wildman–Crippen LogP) is 5.15. The Morgan fingerprint density at radius 3 is 2.48 bits per heavy atom. The van der Waals surface area contributed by atoms with Gasteiger partial charge in [0, 0.05) is 12.1 Å². The molecule has 168 valence electrons. The number of nitrogens with zero attached hydrogens (tertiary/aromatic N) is 2. The minimum atomic E-state index is -3.77. The summed E-state index contributed by atoms with van der Waals surface area (Å²) in [4.78, 5) is 18.3. The first-order chi connectivity index (χ1) is 16.0. The number of benzene rings is 3. The standard InChI is InChI=1S/C25H23N3O3S2/c29-24(22-15-8-9-17-28(22)33(30,31)18-10-2-1-3-11-18)26-20-13-5-4-12-19(20)25-27-21-14-6-7-16-23(21)32-25/h1-7,10-14,16,22H,8-9,15,17H2,(H,26,29)/t22-/m0/s1. The van der Waals surface area contributed by atoms with E-state index >= 15 is 0 Å². The van der Waals surface area contributed by atoms with Gasteiger partial charge < -0.3 is 5.32 Å². The number of carbonyl (C=O) groups excluding carboxylic acids is 1. The normalized spacial score (nSPS) is 17.2. The molecule has 1 fully saturated rings. The maximum absolute atomic E-state index is 13.4. The van der Waals surface area contributed by atoms with Gasteiger partial charge in [0.15, 0.2) is 0 Å². The first-order valence-electron chi connectivity index (χ1n) is 10.9. The second-order valence-electron chi connectivity index (χ2n) is 7.96. The van der Waals surface area contributed by atoms with Crippen molar-refractivity contribution in [2.24, 2.45) is 0 Å². The lowest BCUT2D eigenvalue weighted by atomic mass is 10.0. The number of nitrogens with one attached hydrogen (secondary N) is 1. The highest BCUT2D eigenvalue weighted by Gasteiger charge is 2.37. The molecule has 1 aliphatic heterocycles. The van der Waals surface area contributed by atoms with Crippen molar-refractivity contribution < 1.29 is 13.2 Å². The predicted molar refractivity (Wildman–Crippen MR) is 132 cm³/mol. The molecule has 1 atom stereocenters. The first-order valence-corrected chi connectivity index (χ1v) is 13.1. The van der Waals surface area contributed by atoms with E-state index in [9.17, 15) is 13.2 Å². The van der Waals surface area contributed by atoms with Crippen LogP contribution in [0.4, 0.5) is 5.69 Å². The molecule has 33 heavy (non-hydrogen) atoms. The summed E-state index contributed by atoms with van der Waals surface area (Å²) in [5.41, 5.74) is 2.36. The quantitative estimate of drug-likeness (QED) is 0.431. The van der Waals surface area contributed by atoms with Crippen LogP contribution >= 0.6 is 11.3 Å². The van der Waals surface area contributed by atoms with Crippen molar-refractivity contribution in [2.45, 2.75) is 30.2 Å². The number of amides is 1. The van der Waals surface area contributed by atoms with Gasteiger partial charge in [0.25, 0.3) is 0 Å². The van der Waals surface area contributed by atoms with Crippen LogP contribution in [0.5, 0.6) is 0 Å². The fraction of sp³-hybridized carbons (Fsp3) is 0.200. The van der Waals surface area contributed by atoms with E-state index < -0.39 is 16.1 Å². The van der Waals surface area contributed by atoms with E-state index in [4.69, 9.17) is 4.98 Å². The zero-order valence-corrected chi connectivity index (χ0v) is 19.5. The second kappa shape index (κ2) is 9.05. The smallest absolute Gasteiger partial charge is 0.243 e. The van der Waals surface area contributed by atoms with Crippen LogP contribution in [0, 0.1) is 0 Å². The number of hydrogen-bond acceptors (Lipinski definition) is 5. The van der Waals surface area contributed by atoms with Crippen molar-refractivity contribution in [2.75, 3.05) is 11.9 Å². The van der Waals surface area contributed by atoms with Crippen LogP contribution in [-0.4, -0.2) is 36.2 Å². The molecule has 8 heteroatoms. The number of thiazole rings is 1. The average Bonchev–Trinajstić information content (AvgIpc) is 3.29. The lowest BCUT2D eigenvalue weighted by molar-refractivity contribution is -0.120. The Morgan fingerprint density at radius 1 is 0.939 bits per heavy atom. The molecule has 2 heterocycles. The molecule has 1 aliphatic rings. The molecule has 0 aliphatic carbocycles. The molecule has 3 aromatic carbocycles. The van der Waals surface area contributed by atoms with Crippen LogP contribution in [-0.2, 0) is 14.8 Å². The molecule has 5 rings (SSSR count). The number of piperidine rings is 1. The van der Waals surface area contributed by atoms with Gasteiger partial charge in [0.2, 0.25) is 15.9 Å². The molecule has 0 spiro atoms. The minimum Gasteiger partial charge on any atom is -0.324 e. The highest BCUT2D eigenvalue weighted by atomic mass is 32.2. The third-order valence-corrected chi connectivity index (χ3v) is 8.81. The number of fused-ring (bicyclic) bond motifs is 1. The fourth-order valence-corrected chi connectivity index (χ4v) is 6.85.